The largest absolute Gasteiger partial charge is 0.241 e. The Morgan fingerprint density at radius 2 is 1.88 bits per heavy atom. The lowest BCUT2D eigenvalue weighted by Crippen LogP contribution is -1.95. The van der Waals surface area contributed by atoms with Gasteiger partial charge in [0.15, 0.2) is 0 Å². The maximum Gasteiger partial charge on any atom is 0.125 e. The van der Waals surface area contributed by atoms with Crippen molar-refractivity contribution < 1.29 is 0 Å². The highest BCUT2D eigenvalue weighted by molar-refractivity contribution is 7.27. The lowest BCUT2D eigenvalue weighted by atomic mass is 10.6. The van der Waals surface area contributed by atoms with Crippen LogP contribution in [0.3, 0.4) is 0 Å². The quantitative estimate of drug-likeness (QED) is 0.467. The second kappa shape index (κ2) is 2.19. The van der Waals surface area contributed by atoms with Gasteiger partial charge in [0, 0.05) is 17.7 Å². The average Bonchev–Trinajstić information content (AvgIpc) is 1.77. The van der Waals surface area contributed by atoms with Crippen LogP contribution in [0.25, 0.3) is 0 Å². The van der Waals surface area contributed by atoms with Crippen molar-refractivity contribution in [3.8, 4) is 0 Å². The first kappa shape index (κ1) is 5.64. The molecule has 1 unspecified atom stereocenters. The third kappa shape index (κ3) is 1.24. The van der Waals surface area contributed by atoms with Crippen molar-refractivity contribution >= 4 is 14.5 Å². The molecule has 0 spiro atoms. The van der Waals surface area contributed by atoms with Crippen LogP contribution in [0.1, 0.15) is 5.82 Å². The molecule has 1 heterocycles. The zero-order valence-electron chi connectivity index (χ0n) is 4.63. The van der Waals surface area contributed by atoms with Crippen molar-refractivity contribution in [2.75, 3.05) is 0 Å². The van der Waals surface area contributed by atoms with Gasteiger partial charge in [-0.1, -0.05) is 0 Å². The minimum Gasteiger partial charge on any atom is -0.241 e. The third-order valence-corrected chi connectivity index (χ3v) is 1.10. The van der Waals surface area contributed by atoms with Crippen LogP contribution in [0.4, 0.5) is 0 Å². The predicted octanol–water partition coefficient (Wildman–Crippen LogP) is 0.285. The molecule has 0 aliphatic heterocycles. The van der Waals surface area contributed by atoms with Crippen LogP contribution >= 0.6 is 9.24 Å². The molecule has 1 rings (SSSR count). The zero-order chi connectivity index (χ0) is 5.98. The highest BCUT2D eigenvalue weighted by atomic mass is 31.0. The second-order valence-corrected chi connectivity index (χ2v) is 2.23. The third-order valence-electron chi connectivity index (χ3n) is 0.801. The van der Waals surface area contributed by atoms with Gasteiger partial charge in [0.2, 0.25) is 0 Å². The molecule has 0 aliphatic rings. The molecule has 0 N–H and O–H groups in total. The van der Waals surface area contributed by atoms with Crippen LogP contribution in [-0.2, 0) is 0 Å². The fraction of sp³-hybridized carbons (Fsp3) is 0.200. The monoisotopic (exact) mass is 126 g/mol. The number of hydrogen-bond donors (Lipinski definition) is 0. The van der Waals surface area contributed by atoms with Crippen molar-refractivity contribution in [1.82, 2.24) is 9.97 Å². The van der Waals surface area contributed by atoms with Gasteiger partial charge in [-0.25, -0.2) is 9.97 Å². The molecule has 1 atom stereocenters. The van der Waals surface area contributed by atoms with Crippen LogP contribution in [-0.4, -0.2) is 9.97 Å². The van der Waals surface area contributed by atoms with E-state index in [0.717, 1.165) is 11.1 Å². The zero-order valence-corrected chi connectivity index (χ0v) is 5.78. The van der Waals surface area contributed by atoms with Gasteiger partial charge in [0.05, 0.1) is 0 Å². The minimum atomic E-state index is 0.816. The summed E-state index contributed by atoms with van der Waals surface area (Å²) in [4.78, 5) is 7.89. The lowest BCUT2D eigenvalue weighted by molar-refractivity contribution is 1.06. The van der Waals surface area contributed by atoms with Crippen LogP contribution < -0.4 is 5.30 Å². The van der Waals surface area contributed by atoms with E-state index in [1.165, 1.54) is 0 Å². The lowest BCUT2D eigenvalue weighted by Gasteiger charge is -1.88. The van der Waals surface area contributed by atoms with E-state index in [1.807, 2.05) is 6.92 Å². The fourth-order valence-electron chi connectivity index (χ4n) is 0.403. The van der Waals surface area contributed by atoms with Gasteiger partial charge in [-0.3, -0.25) is 0 Å². The molecule has 0 radical (unpaired) electrons. The summed E-state index contributed by atoms with van der Waals surface area (Å²) in [6, 6.07) is 0. The average molecular weight is 126 g/mol. The Bertz CT molecular complexity index is 149. The van der Waals surface area contributed by atoms with Crippen LogP contribution in [0.15, 0.2) is 12.4 Å². The van der Waals surface area contributed by atoms with Gasteiger partial charge in [-0.2, -0.15) is 0 Å². The Hall–Kier alpha value is -0.490. The van der Waals surface area contributed by atoms with Gasteiger partial charge in [-0.15, -0.1) is 9.24 Å². The van der Waals surface area contributed by atoms with Crippen molar-refractivity contribution in [1.29, 1.82) is 0 Å². The van der Waals surface area contributed by atoms with Gasteiger partial charge in [0.1, 0.15) is 5.82 Å². The molecule has 1 aromatic heterocycles. The Morgan fingerprint density at radius 3 is 2.25 bits per heavy atom. The van der Waals surface area contributed by atoms with E-state index in [0.29, 0.717) is 0 Å². The van der Waals surface area contributed by atoms with Gasteiger partial charge in [-0.05, 0) is 6.92 Å². The van der Waals surface area contributed by atoms with Gasteiger partial charge < -0.3 is 0 Å². The molecule has 0 saturated heterocycles. The van der Waals surface area contributed by atoms with E-state index >= 15 is 0 Å². The molecule has 42 valence electrons. The number of aryl methyl sites for hydroxylation is 1. The van der Waals surface area contributed by atoms with Gasteiger partial charge in [0.25, 0.3) is 0 Å². The molecule has 2 nitrogen and oxygen atoms in total. The summed E-state index contributed by atoms with van der Waals surface area (Å²) >= 11 is 0. The van der Waals surface area contributed by atoms with E-state index in [-0.39, 0.29) is 0 Å². The molecule has 1 aromatic rings. The fourth-order valence-corrected chi connectivity index (χ4v) is 0.552. The van der Waals surface area contributed by atoms with Crippen LogP contribution in [0.5, 0.6) is 0 Å². The van der Waals surface area contributed by atoms with E-state index < -0.39 is 0 Å². The molecule has 0 fully saturated rings. The van der Waals surface area contributed by atoms with Crippen molar-refractivity contribution in [3.63, 3.8) is 0 Å². The Kier molecular flexibility index (Phi) is 1.54. The number of rotatable bonds is 0. The number of aromatic nitrogens is 2. The summed E-state index contributed by atoms with van der Waals surface area (Å²) in [7, 11) is 2.53. The first-order valence-corrected chi connectivity index (χ1v) is 2.91. The highest BCUT2D eigenvalue weighted by Crippen LogP contribution is 1.84. The van der Waals surface area contributed by atoms with E-state index in [4.69, 9.17) is 0 Å². The summed E-state index contributed by atoms with van der Waals surface area (Å²) < 4.78 is 0. The number of nitrogens with zero attached hydrogens (tertiary/aromatic N) is 2. The normalized spacial score (nSPS) is 9.25. The maximum absolute atomic E-state index is 3.95. The first-order valence-electron chi connectivity index (χ1n) is 2.33. The Morgan fingerprint density at radius 1 is 1.38 bits per heavy atom. The van der Waals surface area contributed by atoms with Crippen LogP contribution in [0.2, 0.25) is 0 Å². The van der Waals surface area contributed by atoms with Gasteiger partial charge >= 0.3 is 0 Å². The predicted molar refractivity (Wildman–Crippen MR) is 36.1 cm³/mol. The van der Waals surface area contributed by atoms with Crippen molar-refractivity contribution in [3.05, 3.63) is 18.2 Å². The highest BCUT2D eigenvalue weighted by Gasteiger charge is 1.82. The molecular weight excluding hydrogens is 119 g/mol. The second-order valence-electron chi connectivity index (χ2n) is 1.56. The van der Waals surface area contributed by atoms with E-state index in [2.05, 4.69) is 19.2 Å². The maximum atomic E-state index is 3.95. The summed E-state index contributed by atoms with van der Waals surface area (Å²) in [5, 5.41) is 1.02. The molecular formula is C5H7N2P. The number of hydrogen-bond acceptors (Lipinski definition) is 2. The Balaban J connectivity index is 3.03. The molecule has 0 amide bonds. The SMILES string of the molecule is Cc1ncc(P)cn1. The van der Waals surface area contributed by atoms with Crippen molar-refractivity contribution in [2.45, 2.75) is 6.92 Å². The molecule has 8 heavy (non-hydrogen) atoms. The van der Waals surface area contributed by atoms with Crippen molar-refractivity contribution in [2.24, 2.45) is 0 Å². The summed E-state index contributed by atoms with van der Waals surface area (Å²) in [5.41, 5.74) is 0. The standard InChI is InChI=1S/C5H7N2P/c1-4-6-2-5(8)3-7-4/h2-3H,8H2,1H3. The van der Waals surface area contributed by atoms with Crippen LogP contribution in [0, 0.1) is 6.92 Å². The Labute approximate surface area is 50.6 Å². The molecule has 0 bridgehead atoms. The summed E-state index contributed by atoms with van der Waals surface area (Å²) in [6.07, 6.45) is 3.54. The first-order chi connectivity index (χ1) is 3.79. The minimum absolute atomic E-state index is 0.816. The smallest absolute Gasteiger partial charge is 0.125 e. The van der Waals surface area contributed by atoms with E-state index in [9.17, 15) is 0 Å². The molecule has 0 saturated carbocycles. The summed E-state index contributed by atoms with van der Waals surface area (Å²) in [6.45, 7) is 1.87. The van der Waals surface area contributed by atoms with E-state index in [1.54, 1.807) is 12.4 Å². The molecule has 0 aromatic carbocycles. The summed E-state index contributed by atoms with van der Waals surface area (Å²) in [5.74, 6) is 0.816. The molecule has 3 heteroatoms. The molecule has 0 aliphatic carbocycles. The topological polar surface area (TPSA) is 25.8 Å².